The zero-order valence-corrected chi connectivity index (χ0v) is 10.5. The Hall–Kier alpha value is -2.49. The molecule has 1 rings (SSSR count). The maximum absolute atomic E-state index is 12.5. The SMILES string of the molecule is CCO/C=C(\C#N)C(=O)Nc1cccc(C(F)(F)F)c1. The van der Waals surface area contributed by atoms with E-state index in [0.717, 1.165) is 24.5 Å². The van der Waals surface area contributed by atoms with Crippen LogP contribution in [0.15, 0.2) is 36.1 Å². The second kappa shape index (κ2) is 6.61. The van der Waals surface area contributed by atoms with E-state index in [4.69, 9.17) is 10.00 Å². The summed E-state index contributed by atoms with van der Waals surface area (Å²) in [6, 6.07) is 5.73. The summed E-state index contributed by atoms with van der Waals surface area (Å²) in [6.45, 7) is 1.93. The van der Waals surface area contributed by atoms with Crippen molar-refractivity contribution in [2.75, 3.05) is 11.9 Å². The van der Waals surface area contributed by atoms with E-state index >= 15 is 0 Å². The molecule has 0 aromatic heterocycles. The first kappa shape index (κ1) is 15.6. The van der Waals surface area contributed by atoms with E-state index < -0.39 is 17.6 Å². The summed E-state index contributed by atoms with van der Waals surface area (Å²) in [4.78, 5) is 11.6. The molecule has 0 bridgehead atoms. The molecule has 0 aliphatic heterocycles. The van der Waals surface area contributed by atoms with Gasteiger partial charge in [0.15, 0.2) is 5.57 Å². The van der Waals surface area contributed by atoms with E-state index in [0.29, 0.717) is 0 Å². The van der Waals surface area contributed by atoms with Gasteiger partial charge in [-0.25, -0.2) is 0 Å². The van der Waals surface area contributed by atoms with Crippen molar-refractivity contribution in [1.29, 1.82) is 5.26 Å². The first-order valence-corrected chi connectivity index (χ1v) is 5.59. The van der Waals surface area contributed by atoms with Gasteiger partial charge in [0.1, 0.15) is 12.3 Å². The number of carbonyl (C=O) groups is 1. The lowest BCUT2D eigenvalue weighted by Gasteiger charge is -2.09. The van der Waals surface area contributed by atoms with Gasteiger partial charge in [0, 0.05) is 5.69 Å². The van der Waals surface area contributed by atoms with Crippen molar-refractivity contribution >= 4 is 11.6 Å². The number of amides is 1. The largest absolute Gasteiger partial charge is 0.500 e. The Kier molecular flexibility index (Phi) is 5.15. The van der Waals surface area contributed by atoms with E-state index in [-0.39, 0.29) is 17.9 Å². The van der Waals surface area contributed by atoms with Crippen LogP contribution < -0.4 is 5.32 Å². The maximum Gasteiger partial charge on any atom is 0.416 e. The van der Waals surface area contributed by atoms with Crippen LogP contribution in [0, 0.1) is 11.3 Å². The minimum Gasteiger partial charge on any atom is -0.500 e. The molecule has 20 heavy (non-hydrogen) atoms. The first-order valence-electron chi connectivity index (χ1n) is 5.59. The molecule has 0 atom stereocenters. The summed E-state index contributed by atoms with van der Waals surface area (Å²) in [6.07, 6.45) is -3.54. The topological polar surface area (TPSA) is 62.1 Å². The molecule has 1 N–H and O–H groups in total. The van der Waals surface area contributed by atoms with Crippen molar-refractivity contribution in [3.8, 4) is 6.07 Å². The highest BCUT2D eigenvalue weighted by Crippen LogP contribution is 2.30. The Morgan fingerprint density at radius 3 is 2.75 bits per heavy atom. The van der Waals surface area contributed by atoms with E-state index in [1.165, 1.54) is 6.07 Å². The van der Waals surface area contributed by atoms with Gasteiger partial charge >= 0.3 is 6.18 Å². The maximum atomic E-state index is 12.5. The lowest BCUT2D eigenvalue weighted by molar-refractivity contribution is -0.137. The van der Waals surface area contributed by atoms with Crippen LogP contribution in [-0.2, 0) is 15.7 Å². The number of nitriles is 1. The van der Waals surface area contributed by atoms with Crippen LogP contribution in [0.5, 0.6) is 0 Å². The summed E-state index contributed by atoms with van der Waals surface area (Å²) < 4.78 is 42.3. The van der Waals surface area contributed by atoms with E-state index in [9.17, 15) is 18.0 Å². The normalized spacial score (nSPS) is 11.7. The lowest BCUT2D eigenvalue weighted by Crippen LogP contribution is -2.14. The van der Waals surface area contributed by atoms with Gasteiger partial charge in [0.25, 0.3) is 5.91 Å². The molecule has 7 heteroatoms. The molecule has 4 nitrogen and oxygen atoms in total. The minimum atomic E-state index is -4.50. The van der Waals surface area contributed by atoms with Crippen molar-refractivity contribution in [1.82, 2.24) is 0 Å². The van der Waals surface area contributed by atoms with Crippen molar-refractivity contribution in [2.45, 2.75) is 13.1 Å². The van der Waals surface area contributed by atoms with Gasteiger partial charge in [0.05, 0.1) is 12.2 Å². The number of hydrogen-bond donors (Lipinski definition) is 1. The summed E-state index contributed by atoms with van der Waals surface area (Å²) in [5.41, 5.74) is -1.27. The van der Waals surface area contributed by atoms with Crippen molar-refractivity contribution < 1.29 is 22.7 Å². The number of hydrogen-bond acceptors (Lipinski definition) is 3. The standard InChI is InChI=1S/C13H11F3N2O2/c1-2-20-8-9(7-17)12(19)18-11-5-3-4-10(6-11)13(14,15)16/h3-6,8H,2H2,1H3,(H,18,19)/b9-8+. The Bertz CT molecular complexity index is 559. The van der Waals surface area contributed by atoms with E-state index in [1.54, 1.807) is 13.0 Å². The molecule has 0 unspecified atom stereocenters. The fourth-order valence-electron chi connectivity index (χ4n) is 1.27. The summed E-state index contributed by atoms with van der Waals surface area (Å²) in [7, 11) is 0. The molecule has 1 aromatic carbocycles. The fraction of sp³-hybridized carbons (Fsp3) is 0.231. The van der Waals surface area contributed by atoms with Crippen molar-refractivity contribution in [3.05, 3.63) is 41.7 Å². The summed E-state index contributed by atoms with van der Waals surface area (Å²) >= 11 is 0. The minimum absolute atomic E-state index is 0.0533. The van der Waals surface area contributed by atoms with Gasteiger partial charge in [-0.05, 0) is 25.1 Å². The van der Waals surface area contributed by atoms with E-state index in [2.05, 4.69) is 5.32 Å². The molecule has 0 aliphatic rings. The van der Waals surface area contributed by atoms with Crippen molar-refractivity contribution in [3.63, 3.8) is 0 Å². The van der Waals surface area contributed by atoms with Gasteiger partial charge in [0.2, 0.25) is 0 Å². The van der Waals surface area contributed by atoms with Crippen LogP contribution in [0.4, 0.5) is 18.9 Å². The lowest BCUT2D eigenvalue weighted by atomic mass is 10.2. The van der Waals surface area contributed by atoms with Crippen LogP contribution in [-0.4, -0.2) is 12.5 Å². The average molecular weight is 284 g/mol. The third-order valence-corrected chi connectivity index (χ3v) is 2.18. The molecule has 0 spiro atoms. The van der Waals surface area contributed by atoms with Crippen LogP contribution >= 0.6 is 0 Å². The summed E-state index contributed by atoms with van der Waals surface area (Å²) in [5.74, 6) is -0.833. The molecule has 1 aromatic rings. The highest BCUT2D eigenvalue weighted by Gasteiger charge is 2.30. The Morgan fingerprint density at radius 2 is 2.20 bits per heavy atom. The number of anilines is 1. The number of alkyl halides is 3. The van der Waals surface area contributed by atoms with Gasteiger partial charge in [-0.3, -0.25) is 4.79 Å². The molecular weight excluding hydrogens is 273 g/mol. The molecular formula is C13H11F3N2O2. The number of rotatable bonds is 4. The third-order valence-electron chi connectivity index (χ3n) is 2.18. The first-order chi connectivity index (χ1) is 9.38. The second-order valence-corrected chi connectivity index (χ2v) is 3.63. The third kappa shape index (κ3) is 4.31. The predicted octanol–water partition coefficient (Wildman–Crippen LogP) is 3.09. The van der Waals surface area contributed by atoms with Crippen LogP contribution in [0.2, 0.25) is 0 Å². The average Bonchev–Trinajstić information content (AvgIpc) is 2.39. The molecule has 0 saturated heterocycles. The predicted molar refractivity (Wildman–Crippen MR) is 65.4 cm³/mol. The van der Waals surface area contributed by atoms with Crippen LogP contribution in [0.25, 0.3) is 0 Å². The Labute approximate surface area is 113 Å². The number of ether oxygens (including phenoxy) is 1. The molecule has 106 valence electrons. The molecule has 0 heterocycles. The monoisotopic (exact) mass is 284 g/mol. The van der Waals surface area contributed by atoms with Gasteiger partial charge in [-0.1, -0.05) is 6.07 Å². The molecule has 1 amide bonds. The number of nitrogens with zero attached hydrogens (tertiary/aromatic N) is 1. The molecule has 0 radical (unpaired) electrons. The highest BCUT2D eigenvalue weighted by atomic mass is 19.4. The van der Waals surface area contributed by atoms with Gasteiger partial charge in [-0.2, -0.15) is 18.4 Å². The fourth-order valence-corrected chi connectivity index (χ4v) is 1.27. The molecule has 0 saturated carbocycles. The van der Waals surface area contributed by atoms with Crippen LogP contribution in [0.1, 0.15) is 12.5 Å². The Balaban J connectivity index is 2.89. The number of halogens is 3. The molecule has 0 aliphatic carbocycles. The molecule has 0 fully saturated rings. The van der Waals surface area contributed by atoms with Crippen LogP contribution in [0.3, 0.4) is 0 Å². The Morgan fingerprint density at radius 1 is 1.50 bits per heavy atom. The van der Waals surface area contributed by atoms with Gasteiger partial charge < -0.3 is 10.1 Å². The zero-order chi connectivity index (χ0) is 15.2. The van der Waals surface area contributed by atoms with E-state index in [1.807, 2.05) is 0 Å². The number of carbonyl (C=O) groups excluding carboxylic acids is 1. The highest BCUT2D eigenvalue weighted by molar-refractivity contribution is 6.06. The zero-order valence-electron chi connectivity index (χ0n) is 10.5. The second-order valence-electron chi connectivity index (χ2n) is 3.63. The number of nitrogens with one attached hydrogen (secondary N) is 1. The number of benzene rings is 1. The van der Waals surface area contributed by atoms with Crippen molar-refractivity contribution in [2.24, 2.45) is 0 Å². The quantitative estimate of drug-likeness (QED) is 0.525. The smallest absolute Gasteiger partial charge is 0.416 e. The van der Waals surface area contributed by atoms with Gasteiger partial charge in [-0.15, -0.1) is 0 Å². The summed E-state index contributed by atoms with van der Waals surface area (Å²) in [5, 5.41) is 11.0.